The minimum absolute atomic E-state index is 0.0552. The predicted molar refractivity (Wildman–Crippen MR) is 115 cm³/mol. The SMILES string of the molecule is Cn1c(Cl)nc(C(=O)N2CCC2)c1C(=O)Nc1ccn2nc(-c3ccccc3)nc2c1. The number of amides is 2. The molecule has 1 saturated heterocycles. The van der Waals surface area contributed by atoms with Crippen LogP contribution in [-0.4, -0.2) is 54.0 Å². The number of nitrogens with zero attached hydrogens (tertiary/aromatic N) is 6. The van der Waals surface area contributed by atoms with Gasteiger partial charge in [0.05, 0.1) is 0 Å². The lowest BCUT2D eigenvalue weighted by atomic mass is 10.2. The van der Waals surface area contributed by atoms with Gasteiger partial charge >= 0.3 is 0 Å². The number of carbonyl (C=O) groups excluding carboxylic acids is 2. The van der Waals surface area contributed by atoms with Gasteiger partial charge in [0.1, 0.15) is 5.69 Å². The van der Waals surface area contributed by atoms with Gasteiger partial charge < -0.3 is 14.8 Å². The average Bonchev–Trinajstić information content (AvgIpc) is 3.28. The zero-order valence-corrected chi connectivity index (χ0v) is 17.4. The van der Waals surface area contributed by atoms with E-state index in [4.69, 9.17) is 11.6 Å². The Kier molecular flexibility index (Phi) is 4.67. The van der Waals surface area contributed by atoms with Crippen LogP contribution < -0.4 is 5.32 Å². The Labute approximate surface area is 182 Å². The molecule has 4 heterocycles. The average molecular weight is 436 g/mol. The van der Waals surface area contributed by atoms with Crippen LogP contribution in [0.15, 0.2) is 48.7 Å². The molecule has 1 aromatic carbocycles. The number of carbonyl (C=O) groups is 2. The van der Waals surface area contributed by atoms with Crippen molar-refractivity contribution in [3.05, 3.63) is 65.3 Å². The third kappa shape index (κ3) is 3.42. The van der Waals surface area contributed by atoms with Crippen molar-refractivity contribution in [1.82, 2.24) is 29.0 Å². The Balaban J connectivity index is 1.43. The molecule has 0 bridgehead atoms. The number of likely N-dealkylation sites (tertiary alicyclic amines) is 1. The van der Waals surface area contributed by atoms with Gasteiger partial charge in [0.2, 0.25) is 5.28 Å². The molecule has 0 spiro atoms. The Morgan fingerprint density at radius 1 is 1.10 bits per heavy atom. The van der Waals surface area contributed by atoms with Crippen LogP contribution >= 0.6 is 11.6 Å². The summed E-state index contributed by atoms with van der Waals surface area (Å²) >= 11 is 6.11. The van der Waals surface area contributed by atoms with E-state index < -0.39 is 5.91 Å². The van der Waals surface area contributed by atoms with Gasteiger partial charge in [-0.1, -0.05) is 30.3 Å². The molecule has 4 aromatic rings. The molecule has 0 atom stereocenters. The van der Waals surface area contributed by atoms with Gasteiger partial charge in [-0.3, -0.25) is 9.59 Å². The van der Waals surface area contributed by atoms with E-state index in [0.717, 1.165) is 12.0 Å². The van der Waals surface area contributed by atoms with E-state index in [1.807, 2.05) is 30.3 Å². The van der Waals surface area contributed by atoms with Gasteiger partial charge in [-0.2, -0.15) is 0 Å². The van der Waals surface area contributed by atoms with Crippen molar-refractivity contribution in [2.45, 2.75) is 6.42 Å². The van der Waals surface area contributed by atoms with Crippen LogP contribution in [0.5, 0.6) is 0 Å². The van der Waals surface area contributed by atoms with E-state index >= 15 is 0 Å². The number of imidazole rings is 1. The first kappa shape index (κ1) is 19.3. The Morgan fingerprint density at radius 2 is 1.87 bits per heavy atom. The van der Waals surface area contributed by atoms with Crippen molar-refractivity contribution in [2.75, 3.05) is 18.4 Å². The molecule has 10 heteroatoms. The smallest absolute Gasteiger partial charge is 0.274 e. The molecule has 0 unspecified atom stereocenters. The van der Waals surface area contributed by atoms with Crippen LogP contribution in [0.3, 0.4) is 0 Å². The first-order valence-corrected chi connectivity index (χ1v) is 10.1. The normalized spacial score (nSPS) is 13.3. The summed E-state index contributed by atoms with van der Waals surface area (Å²) < 4.78 is 3.05. The molecule has 156 valence electrons. The summed E-state index contributed by atoms with van der Waals surface area (Å²) in [7, 11) is 1.60. The summed E-state index contributed by atoms with van der Waals surface area (Å²) in [6, 6.07) is 13.1. The van der Waals surface area contributed by atoms with E-state index in [0.29, 0.717) is 30.2 Å². The molecule has 1 aliphatic heterocycles. The van der Waals surface area contributed by atoms with E-state index in [1.54, 1.807) is 34.8 Å². The van der Waals surface area contributed by atoms with Gasteiger partial charge in [-0.25, -0.2) is 14.5 Å². The van der Waals surface area contributed by atoms with E-state index in [9.17, 15) is 9.59 Å². The summed E-state index contributed by atoms with van der Waals surface area (Å²) in [5.41, 5.74) is 2.17. The molecule has 0 aliphatic carbocycles. The minimum Gasteiger partial charge on any atom is -0.337 e. The molecule has 3 aromatic heterocycles. The van der Waals surface area contributed by atoms with Crippen LogP contribution in [-0.2, 0) is 7.05 Å². The van der Waals surface area contributed by atoms with Gasteiger partial charge in [0, 0.05) is 43.7 Å². The number of fused-ring (bicyclic) bond motifs is 1. The largest absolute Gasteiger partial charge is 0.337 e. The van der Waals surface area contributed by atoms with Crippen LogP contribution in [0.25, 0.3) is 17.0 Å². The summed E-state index contributed by atoms with van der Waals surface area (Å²) in [5, 5.41) is 7.35. The molecule has 1 aliphatic rings. The highest BCUT2D eigenvalue weighted by Gasteiger charge is 2.31. The number of pyridine rings is 1. The van der Waals surface area contributed by atoms with Crippen molar-refractivity contribution in [3.8, 4) is 11.4 Å². The number of halogens is 1. The lowest BCUT2D eigenvalue weighted by Gasteiger charge is -2.30. The molecular formula is C21H18ClN7O2. The molecule has 31 heavy (non-hydrogen) atoms. The highest BCUT2D eigenvalue weighted by atomic mass is 35.5. The van der Waals surface area contributed by atoms with Gasteiger partial charge in [0.25, 0.3) is 11.8 Å². The fraction of sp³-hybridized carbons (Fsp3) is 0.190. The Morgan fingerprint density at radius 3 is 2.58 bits per heavy atom. The number of hydrogen-bond acceptors (Lipinski definition) is 5. The molecule has 1 N–H and O–H groups in total. The standard InChI is InChI=1S/C21H18ClN7O2/c1-27-17(16(25-21(27)22)20(31)28-9-5-10-28)19(30)23-14-8-11-29-15(12-14)24-18(26-29)13-6-3-2-4-7-13/h2-4,6-8,11-12H,5,9-10H2,1H3,(H,23,30). The molecule has 5 rings (SSSR count). The molecule has 0 saturated carbocycles. The van der Waals surface area contributed by atoms with E-state index in [1.165, 1.54) is 4.57 Å². The van der Waals surface area contributed by atoms with Crippen molar-refractivity contribution in [3.63, 3.8) is 0 Å². The number of aromatic nitrogens is 5. The Bertz CT molecular complexity index is 1310. The van der Waals surface area contributed by atoms with Crippen molar-refractivity contribution < 1.29 is 9.59 Å². The quantitative estimate of drug-likeness (QED) is 0.531. The topological polar surface area (TPSA) is 97.4 Å². The van der Waals surface area contributed by atoms with Crippen LogP contribution in [0.4, 0.5) is 5.69 Å². The third-order valence-corrected chi connectivity index (χ3v) is 5.57. The number of hydrogen-bond donors (Lipinski definition) is 1. The highest BCUT2D eigenvalue weighted by molar-refractivity contribution is 6.29. The fourth-order valence-electron chi connectivity index (χ4n) is 3.41. The maximum absolute atomic E-state index is 13.0. The van der Waals surface area contributed by atoms with Gasteiger partial charge in [0.15, 0.2) is 17.2 Å². The van der Waals surface area contributed by atoms with Crippen molar-refractivity contribution in [2.24, 2.45) is 7.05 Å². The van der Waals surface area contributed by atoms with Crippen LogP contribution in [0.1, 0.15) is 27.4 Å². The van der Waals surface area contributed by atoms with E-state index in [-0.39, 0.29) is 22.6 Å². The number of benzene rings is 1. The number of rotatable bonds is 4. The maximum Gasteiger partial charge on any atom is 0.274 e. The summed E-state index contributed by atoms with van der Waals surface area (Å²) in [6.07, 6.45) is 2.66. The summed E-state index contributed by atoms with van der Waals surface area (Å²) in [4.78, 5) is 36.0. The lowest BCUT2D eigenvalue weighted by Crippen LogP contribution is -2.43. The second-order valence-electron chi connectivity index (χ2n) is 7.26. The third-order valence-electron chi connectivity index (χ3n) is 5.23. The molecular weight excluding hydrogens is 418 g/mol. The maximum atomic E-state index is 13.0. The predicted octanol–water partition coefficient (Wildman–Crippen LogP) is 2.88. The summed E-state index contributed by atoms with van der Waals surface area (Å²) in [6.45, 7) is 1.31. The monoisotopic (exact) mass is 435 g/mol. The van der Waals surface area contributed by atoms with Crippen LogP contribution in [0, 0.1) is 0 Å². The van der Waals surface area contributed by atoms with E-state index in [2.05, 4.69) is 20.4 Å². The van der Waals surface area contributed by atoms with Crippen molar-refractivity contribution >= 4 is 34.7 Å². The molecule has 2 amide bonds. The van der Waals surface area contributed by atoms with Gasteiger partial charge in [-0.05, 0) is 24.1 Å². The zero-order valence-electron chi connectivity index (χ0n) is 16.6. The number of anilines is 1. The zero-order chi connectivity index (χ0) is 21.5. The second kappa shape index (κ2) is 7.51. The molecule has 1 fully saturated rings. The molecule has 9 nitrogen and oxygen atoms in total. The first-order chi connectivity index (χ1) is 15.0. The number of nitrogens with one attached hydrogen (secondary N) is 1. The first-order valence-electron chi connectivity index (χ1n) is 9.76. The fourth-order valence-corrected chi connectivity index (χ4v) is 3.58. The van der Waals surface area contributed by atoms with Gasteiger partial charge in [-0.15, -0.1) is 5.10 Å². The second-order valence-corrected chi connectivity index (χ2v) is 7.59. The minimum atomic E-state index is -0.474. The summed E-state index contributed by atoms with van der Waals surface area (Å²) in [5.74, 6) is -0.179. The Hall–Kier alpha value is -3.72. The van der Waals surface area contributed by atoms with Crippen molar-refractivity contribution in [1.29, 1.82) is 0 Å². The lowest BCUT2D eigenvalue weighted by molar-refractivity contribution is 0.0642. The highest BCUT2D eigenvalue weighted by Crippen LogP contribution is 2.22. The molecule has 0 radical (unpaired) electrons. The van der Waals surface area contributed by atoms with Crippen LogP contribution in [0.2, 0.25) is 5.28 Å².